The second-order valence-electron chi connectivity index (χ2n) is 4.65. The summed E-state index contributed by atoms with van der Waals surface area (Å²) in [7, 11) is 0. The van der Waals surface area contributed by atoms with Gasteiger partial charge in [0, 0.05) is 16.4 Å². The number of thiophene rings is 1. The largest absolute Gasteiger partial charge is 0.396 e. The van der Waals surface area contributed by atoms with Gasteiger partial charge in [0.15, 0.2) is 0 Å². The Morgan fingerprint density at radius 3 is 2.76 bits per heavy atom. The Balaban J connectivity index is 1.94. The third-order valence-electron chi connectivity index (χ3n) is 3.45. The molecule has 5 heteroatoms. The van der Waals surface area contributed by atoms with E-state index >= 15 is 0 Å². The van der Waals surface area contributed by atoms with E-state index in [1.165, 1.54) is 11.3 Å². The Labute approximate surface area is 113 Å². The van der Waals surface area contributed by atoms with Gasteiger partial charge in [-0.1, -0.05) is 12.8 Å². The first-order valence-electron chi connectivity index (χ1n) is 5.79. The molecule has 1 fully saturated rings. The number of halogens is 1. The Kier molecular flexibility index (Phi) is 4.22. The standard InChI is InChI=1S/C12H16BrNO2S/c13-9-3-6-17-10(9)11(16)14-7-12(8-15)4-1-2-5-12/h3,6,15H,1-2,4-5,7-8H2,(H,14,16). The lowest BCUT2D eigenvalue weighted by Gasteiger charge is -2.26. The molecule has 2 rings (SSSR count). The molecule has 0 spiro atoms. The molecule has 1 saturated carbocycles. The number of carbonyl (C=O) groups is 1. The molecule has 0 unspecified atom stereocenters. The molecule has 94 valence electrons. The Morgan fingerprint density at radius 2 is 2.24 bits per heavy atom. The van der Waals surface area contributed by atoms with Crippen LogP contribution in [0.4, 0.5) is 0 Å². The maximum atomic E-state index is 11.9. The summed E-state index contributed by atoms with van der Waals surface area (Å²) in [5, 5.41) is 14.3. The van der Waals surface area contributed by atoms with Crippen LogP contribution in [0.1, 0.15) is 35.4 Å². The lowest BCUT2D eigenvalue weighted by atomic mass is 9.87. The van der Waals surface area contributed by atoms with Crippen LogP contribution in [0, 0.1) is 5.41 Å². The van der Waals surface area contributed by atoms with Crippen molar-refractivity contribution in [2.75, 3.05) is 13.2 Å². The van der Waals surface area contributed by atoms with Crippen molar-refractivity contribution in [3.63, 3.8) is 0 Å². The van der Waals surface area contributed by atoms with Gasteiger partial charge in [-0.2, -0.15) is 0 Å². The van der Waals surface area contributed by atoms with E-state index in [4.69, 9.17) is 0 Å². The van der Waals surface area contributed by atoms with Crippen molar-refractivity contribution in [3.8, 4) is 0 Å². The second kappa shape index (κ2) is 5.50. The van der Waals surface area contributed by atoms with Crippen molar-refractivity contribution in [3.05, 3.63) is 20.8 Å². The average Bonchev–Trinajstić information content (AvgIpc) is 2.95. The summed E-state index contributed by atoms with van der Waals surface area (Å²) >= 11 is 4.78. The van der Waals surface area contributed by atoms with Crippen LogP contribution in [0.5, 0.6) is 0 Å². The van der Waals surface area contributed by atoms with Gasteiger partial charge in [0.2, 0.25) is 0 Å². The molecule has 0 aliphatic heterocycles. The molecule has 0 radical (unpaired) electrons. The predicted octanol–water partition coefficient (Wildman–Crippen LogP) is 2.79. The Bertz CT molecular complexity index is 399. The quantitative estimate of drug-likeness (QED) is 0.897. The summed E-state index contributed by atoms with van der Waals surface area (Å²) in [5.74, 6) is -0.0494. The summed E-state index contributed by atoms with van der Waals surface area (Å²) in [5.41, 5.74) is -0.0839. The minimum absolute atomic E-state index is 0.0494. The smallest absolute Gasteiger partial charge is 0.262 e. The molecule has 1 amide bonds. The molecule has 1 aromatic rings. The first-order chi connectivity index (χ1) is 8.17. The van der Waals surface area contributed by atoms with Crippen LogP contribution in [0.2, 0.25) is 0 Å². The molecule has 17 heavy (non-hydrogen) atoms. The normalized spacial score (nSPS) is 18.2. The monoisotopic (exact) mass is 317 g/mol. The van der Waals surface area contributed by atoms with Crippen molar-refractivity contribution in [2.24, 2.45) is 5.41 Å². The van der Waals surface area contributed by atoms with Crippen LogP contribution < -0.4 is 5.32 Å². The number of aliphatic hydroxyl groups is 1. The van der Waals surface area contributed by atoms with Crippen molar-refractivity contribution in [1.82, 2.24) is 5.32 Å². The number of amides is 1. The van der Waals surface area contributed by atoms with Gasteiger partial charge in [0.25, 0.3) is 5.91 Å². The second-order valence-corrected chi connectivity index (χ2v) is 6.42. The molecular weight excluding hydrogens is 302 g/mol. The zero-order chi connectivity index (χ0) is 12.3. The molecule has 3 nitrogen and oxygen atoms in total. The number of hydrogen-bond donors (Lipinski definition) is 2. The number of rotatable bonds is 4. The Hall–Kier alpha value is -0.390. The molecule has 1 heterocycles. The number of nitrogens with one attached hydrogen (secondary N) is 1. The van der Waals surface area contributed by atoms with Crippen LogP contribution >= 0.6 is 27.3 Å². The average molecular weight is 318 g/mol. The van der Waals surface area contributed by atoms with Gasteiger partial charge < -0.3 is 10.4 Å². The summed E-state index contributed by atoms with van der Waals surface area (Å²) in [6, 6.07) is 1.87. The highest BCUT2D eigenvalue weighted by atomic mass is 79.9. The van der Waals surface area contributed by atoms with E-state index in [1.54, 1.807) is 0 Å². The fourth-order valence-electron chi connectivity index (χ4n) is 2.32. The minimum atomic E-state index is -0.0839. The van der Waals surface area contributed by atoms with Crippen LogP contribution in [0.15, 0.2) is 15.9 Å². The van der Waals surface area contributed by atoms with Crippen LogP contribution in [-0.2, 0) is 0 Å². The van der Waals surface area contributed by atoms with Gasteiger partial charge in [-0.25, -0.2) is 0 Å². The van der Waals surface area contributed by atoms with E-state index in [9.17, 15) is 9.90 Å². The van der Waals surface area contributed by atoms with Gasteiger partial charge in [-0.05, 0) is 40.2 Å². The summed E-state index contributed by atoms with van der Waals surface area (Å²) in [6.45, 7) is 0.742. The van der Waals surface area contributed by atoms with E-state index in [1.807, 2.05) is 11.4 Å². The van der Waals surface area contributed by atoms with Crippen molar-refractivity contribution >= 4 is 33.2 Å². The molecule has 2 N–H and O–H groups in total. The third-order valence-corrected chi connectivity index (χ3v) is 5.28. The highest BCUT2D eigenvalue weighted by Crippen LogP contribution is 2.37. The van der Waals surface area contributed by atoms with Gasteiger partial charge >= 0.3 is 0 Å². The number of aliphatic hydroxyl groups excluding tert-OH is 1. The maximum Gasteiger partial charge on any atom is 0.262 e. The van der Waals surface area contributed by atoms with Crippen LogP contribution in [0.25, 0.3) is 0 Å². The topological polar surface area (TPSA) is 49.3 Å². The number of hydrogen-bond acceptors (Lipinski definition) is 3. The molecular formula is C12H16BrNO2S. The highest BCUT2D eigenvalue weighted by molar-refractivity contribution is 9.10. The highest BCUT2D eigenvalue weighted by Gasteiger charge is 2.33. The van der Waals surface area contributed by atoms with E-state index < -0.39 is 0 Å². The van der Waals surface area contributed by atoms with Crippen LogP contribution in [0.3, 0.4) is 0 Å². The molecule has 1 aromatic heterocycles. The summed E-state index contributed by atoms with van der Waals surface area (Å²) < 4.78 is 0.837. The fraction of sp³-hybridized carbons (Fsp3) is 0.583. The molecule has 0 bridgehead atoms. The SMILES string of the molecule is O=C(NCC1(CO)CCCC1)c1sccc1Br. The first-order valence-corrected chi connectivity index (χ1v) is 7.46. The van der Waals surface area contributed by atoms with Crippen molar-refractivity contribution in [2.45, 2.75) is 25.7 Å². The molecule has 0 atom stereocenters. The molecule has 1 aliphatic carbocycles. The van der Waals surface area contributed by atoms with E-state index in [2.05, 4.69) is 21.2 Å². The lowest BCUT2D eigenvalue weighted by Crippen LogP contribution is -2.38. The van der Waals surface area contributed by atoms with Gasteiger partial charge in [-0.15, -0.1) is 11.3 Å². The third kappa shape index (κ3) is 2.89. The molecule has 0 aromatic carbocycles. The van der Waals surface area contributed by atoms with E-state index in [-0.39, 0.29) is 17.9 Å². The predicted molar refractivity (Wildman–Crippen MR) is 72.3 cm³/mol. The zero-order valence-electron chi connectivity index (χ0n) is 9.54. The fourth-order valence-corrected chi connectivity index (χ4v) is 3.79. The lowest BCUT2D eigenvalue weighted by molar-refractivity contribution is 0.0884. The van der Waals surface area contributed by atoms with Crippen molar-refractivity contribution in [1.29, 1.82) is 0 Å². The molecule has 0 saturated heterocycles. The maximum absolute atomic E-state index is 11.9. The number of carbonyl (C=O) groups excluding carboxylic acids is 1. The minimum Gasteiger partial charge on any atom is -0.396 e. The van der Waals surface area contributed by atoms with E-state index in [0.717, 1.165) is 30.2 Å². The van der Waals surface area contributed by atoms with Crippen molar-refractivity contribution < 1.29 is 9.90 Å². The van der Waals surface area contributed by atoms with Crippen LogP contribution in [-0.4, -0.2) is 24.2 Å². The van der Waals surface area contributed by atoms with Gasteiger partial charge in [0.05, 0.1) is 6.61 Å². The zero-order valence-corrected chi connectivity index (χ0v) is 11.9. The first kappa shape index (κ1) is 13.1. The Morgan fingerprint density at radius 1 is 1.53 bits per heavy atom. The van der Waals surface area contributed by atoms with Gasteiger partial charge in [0.1, 0.15) is 4.88 Å². The molecule has 1 aliphatic rings. The van der Waals surface area contributed by atoms with Gasteiger partial charge in [-0.3, -0.25) is 4.79 Å². The summed E-state index contributed by atoms with van der Waals surface area (Å²) in [6.07, 6.45) is 4.32. The van der Waals surface area contributed by atoms with E-state index in [0.29, 0.717) is 11.4 Å². The summed E-state index contributed by atoms with van der Waals surface area (Å²) in [4.78, 5) is 12.6.